The van der Waals surface area contributed by atoms with E-state index in [0.717, 1.165) is 5.56 Å². The van der Waals surface area contributed by atoms with Gasteiger partial charge in [-0.25, -0.2) is 4.79 Å². The number of nitrogens with two attached hydrogens (primary N) is 1. The van der Waals surface area contributed by atoms with Gasteiger partial charge in [0.2, 0.25) is 0 Å². The minimum absolute atomic E-state index is 0.331. The van der Waals surface area contributed by atoms with Crippen LogP contribution in [0.3, 0.4) is 0 Å². The molecule has 120 valence electrons. The maximum Gasteiger partial charge on any atom is 0.338 e. The van der Waals surface area contributed by atoms with E-state index in [-0.39, 0.29) is 0 Å². The SMILES string of the molecule is Cc1ccc(Cl)cc1NC(=O)C(C)OC(=O)c1ccc(N)cc1. The van der Waals surface area contributed by atoms with E-state index < -0.39 is 18.0 Å². The van der Waals surface area contributed by atoms with Gasteiger partial charge in [-0.3, -0.25) is 4.79 Å². The summed E-state index contributed by atoms with van der Waals surface area (Å²) in [6, 6.07) is 11.4. The molecule has 0 radical (unpaired) electrons. The van der Waals surface area contributed by atoms with Gasteiger partial charge in [-0.2, -0.15) is 0 Å². The summed E-state index contributed by atoms with van der Waals surface area (Å²) < 4.78 is 5.16. The molecule has 2 aromatic rings. The van der Waals surface area contributed by atoms with Crippen LogP contribution in [0.25, 0.3) is 0 Å². The molecule has 0 heterocycles. The van der Waals surface area contributed by atoms with Crippen molar-refractivity contribution >= 4 is 34.9 Å². The number of amides is 1. The molecule has 0 aromatic heterocycles. The summed E-state index contributed by atoms with van der Waals surface area (Å²) in [6.07, 6.45) is -0.946. The van der Waals surface area contributed by atoms with E-state index in [1.54, 1.807) is 42.5 Å². The number of halogens is 1. The minimum Gasteiger partial charge on any atom is -0.449 e. The zero-order valence-corrected chi connectivity index (χ0v) is 13.6. The Kier molecular flexibility index (Phi) is 5.24. The van der Waals surface area contributed by atoms with Crippen molar-refractivity contribution < 1.29 is 14.3 Å². The minimum atomic E-state index is -0.946. The number of carbonyl (C=O) groups excluding carboxylic acids is 2. The van der Waals surface area contributed by atoms with Crippen LogP contribution in [-0.2, 0) is 9.53 Å². The number of anilines is 2. The number of esters is 1. The van der Waals surface area contributed by atoms with Gasteiger partial charge in [-0.05, 0) is 55.8 Å². The Labute approximate surface area is 139 Å². The summed E-state index contributed by atoms with van der Waals surface area (Å²) in [6.45, 7) is 3.35. The van der Waals surface area contributed by atoms with Crippen molar-refractivity contribution in [1.29, 1.82) is 0 Å². The van der Waals surface area contributed by atoms with Crippen LogP contribution in [0.15, 0.2) is 42.5 Å². The molecule has 1 atom stereocenters. The van der Waals surface area contributed by atoms with Crippen LogP contribution in [0.4, 0.5) is 11.4 Å². The second-order valence-corrected chi connectivity index (χ2v) is 5.55. The van der Waals surface area contributed by atoms with E-state index in [2.05, 4.69) is 5.32 Å². The smallest absolute Gasteiger partial charge is 0.338 e. The average Bonchev–Trinajstić information content (AvgIpc) is 2.51. The fourth-order valence-corrected chi connectivity index (χ4v) is 2.04. The fourth-order valence-electron chi connectivity index (χ4n) is 1.86. The molecule has 0 saturated carbocycles. The summed E-state index contributed by atoms with van der Waals surface area (Å²) >= 11 is 5.91. The van der Waals surface area contributed by atoms with Crippen LogP contribution < -0.4 is 11.1 Å². The quantitative estimate of drug-likeness (QED) is 0.664. The maximum absolute atomic E-state index is 12.1. The van der Waals surface area contributed by atoms with Crippen molar-refractivity contribution in [1.82, 2.24) is 0 Å². The molecule has 0 aliphatic heterocycles. The molecule has 5 nitrogen and oxygen atoms in total. The lowest BCUT2D eigenvalue weighted by molar-refractivity contribution is -0.123. The van der Waals surface area contributed by atoms with Gasteiger partial charge in [0, 0.05) is 16.4 Å². The fraction of sp³-hybridized carbons (Fsp3) is 0.176. The number of nitrogen functional groups attached to an aromatic ring is 1. The van der Waals surface area contributed by atoms with Crippen molar-refractivity contribution in [3.63, 3.8) is 0 Å². The number of ether oxygens (including phenoxy) is 1. The van der Waals surface area contributed by atoms with Crippen molar-refractivity contribution in [3.8, 4) is 0 Å². The van der Waals surface area contributed by atoms with Gasteiger partial charge in [0.25, 0.3) is 5.91 Å². The Balaban J connectivity index is 2.01. The largest absolute Gasteiger partial charge is 0.449 e. The molecule has 1 unspecified atom stereocenters. The molecule has 0 bridgehead atoms. The zero-order chi connectivity index (χ0) is 17.0. The molecular formula is C17H17ClN2O3. The van der Waals surface area contributed by atoms with E-state index in [1.807, 2.05) is 6.92 Å². The summed E-state index contributed by atoms with van der Waals surface area (Å²) in [7, 11) is 0. The molecule has 0 aliphatic rings. The van der Waals surface area contributed by atoms with E-state index in [0.29, 0.717) is 22.0 Å². The number of carbonyl (C=O) groups is 2. The zero-order valence-electron chi connectivity index (χ0n) is 12.8. The standard InChI is InChI=1S/C17H17ClN2O3/c1-10-3-6-13(18)9-15(10)20-16(21)11(2)23-17(22)12-4-7-14(19)8-5-12/h3-9,11H,19H2,1-2H3,(H,20,21). The van der Waals surface area contributed by atoms with Gasteiger partial charge in [-0.1, -0.05) is 17.7 Å². The lowest BCUT2D eigenvalue weighted by Gasteiger charge is -2.15. The second-order valence-electron chi connectivity index (χ2n) is 5.12. The van der Waals surface area contributed by atoms with Crippen LogP contribution in [0, 0.1) is 6.92 Å². The highest BCUT2D eigenvalue weighted by molar-refractivity contribution is 6.31. The predicted octanol–water partition coefficient (Wildman–Crippen LogP) is 3.41. The highest BCUT2D eigenvalue weighted by atomic mass is 35.5. The summed E-state index contributed by atoms with van der Waals surface area (Å²) in [5, 5.41) is 3.21. The van der Waals surface area contributed by atoms with Gasteiger partial charge in [0.05, 0.1) is 5.56 Å². The number of hydrogen-bond donors (Lipinski definition) is 2. The molecule has 0 aliphatic carbocycles. The Hall–Kier alpha value is -2.53. The predicted molar refractivity (Wildman–Crippen MR) is 90.6 cm³/mol. The maximum atomic E-state index is 12.1. The van der Waals surface area contributed by atoms with E-state index in [9.17, 15) is 9.59 Å². The van der Waals surface area contributed by atoms with Crippen LogP contribution in [0.1, 0.15) is 22.8 Å². The molecule has 3 N–H and O–H groups in total. The van der Waals surface area contributed by atoms with E-state index >= 15 is 0 Å². The highest BCUT2D eigenvalue weighted by Crippen LogP contribution is 2.20. The third kappa shape index (κ3) is 4.47. The Morgan fingerprint density at radius 3 is 2.48 bits per heavy atom. The number of rotatable bonds is 4. The third-order valence-corrected chi connectivity index (χ3v) is 3.49. The summed E-state index contributed by atoms with van der Waals surface area (Å²) in [4.78, 5) is 24.1. The van der Waals surface area contributed by atoms with Crippen LogP contribution in [0.5, 0.6) is 0 Å². The highest BCUT2D eigenvalue weighted by Gasteiger charge is 2.19. The van der Waals surface area contributed by atoms with Crippen LogP contribution in [0.2, 0.25) is 5.02 Å². The lowest BCUT2D eigenvalue weighted by Crippen LogP contribution is -2.30. The monoisotopic (exact) mass is 332 g/mol. The second kappa shape index (κ2) is 7.15. The Morgan fingerprint density at radius 2 is 1.83 bits per heavy atom. The molecule has 1 amide bonds. The Bertz CT molecular complexity index is 729. The van der Waals surface area contributed by atoms with E-state index in [1.165, 1.54) is 6.92 Å². The first-order chi connectivity index (χ1) is 10.9. The van der Waals surface area contributed by atoms with Gasteiger partial charge in [0.1, 0.15) is 0 Å². The topological polar surface area (TPSA) is 81.4 Å². The molecule has 6 heteroatoms. The molecule has 2 aromatic carbocycles. The first kappa shape index (κ1) is 16.8. The van der Waals surface area contributed by atoms with E-state index in [4.69, 9.17) is 22.1 Å². The lowest BCUT2D eigenvalue weighted by atomic mass is 10.2. The number of aryl methyl sites for hydroxylation is 1. The van der Waals surface area contributed by atoms with Crippen molar-refractivity contribution in [2.45, 2.75) is 20.0 Å². The van der Waals surface area contributed by atoms with Gasteiger partial charge in [-0.15, -0.1) is 0 Å². The number of benzene rings is 2. The van der Waals surface area contributed by atoms with Crippen molar-refractivity contribution in [2.24, 2.45) is 0 Å². The summed E-state index contributed by atoms with van der Waals surface area (Å²) in [5.41, 5.74) is 7.88. The van der Waals surface area contributed by atoms with Gasteiger partial charge >= 0.3 is 5.97 Å². The number of nitrogens with one attached hydrogen (secondary N) is 1. The van der Waals surface area contributed by atoms with Crippen molar-refractivity contribution in [2.75, 3.05) is 11.1 Å². The van der Waals surface area contributed by atoms with Crippen LogP contribution in [-0.4, -0.2) is 18.0 Å². The molecule has 0 fully saturated rings. The van der Waals surface area contributed by atoms with Gasteiger partial charge < -0.3 is 15.8 Å². The van der Waals surface area contributed by atoms with Crippen LogP contribution >= 0.6 is 11.6 Å². The molecule has 2 rings (SSSR count). The molecule has 0 saturated heterocycles. The first-order valence-electron chi connectivity index (χ1n) is 7.00. The molecular weight excluding hydrogens is 316 g/mol. The summed E-state index contributed by atoms with van der Waals surface area (Å²) in [5.74, 6) is -1.02. The normalized spacial score (nSPS) is 11.6. The van der Waals surface area contributed by atoms with Crippen molar-refractivity contribution in [3.05, 3.63) is 58.6 Å². The first-order valence-corrected chi connectivity index (χ1v) is 7.38. The molecule has 0 spiro atoms. The number of hydrogen-bond acceptors (Lipinski definition) is 4. The molecule has 23 heavy (non-hydrogen) atoms. The third-order valence-electron chi connectivity index (χ3n) is 3.26. The Morgan fingerprint density at radius 1 is 1.17 bits per heavy atom. The van der Waals surface area contributed by atoms with Gasteiger partial charge in [0.15, 0.2) is 6.10 Å². The average molecular weight is 333 g/mol.